The van der Waals surface area contributed by atoms with Crippen LogP contribution >= 0.6 is 0 Å². The highest BCUT2D eigenvalue weighted by Crippen LogP contribution is 2.19. The molecule has 0 aliphatic heterocycles. The van der Waals surface area contributed by atoms with Gasteiger partial charge in [0.2, 0.25) is 5.91 Å². The summed E-state index contributed by atoms with van der Waals surface area (Å²) in [7, 11) is 0. The van der Waals surface area contributed by atoms with Gasteiger partial charge in [0.05, 0.1) is 11.0 Å². The van der Waals surface area contributed by atoms with E-state index in [0.717, 1.165) is 23.0 Å². The highest BCUT2D eigenvalue weighted by molar-refractivity contribution is 5.92. The van der Waals surface area contributed by atoms with Crippen LogP contribution in [-0.4, -0.2) is 15.0 Å². The lowest BCUT2D eigenvalue weighted by Crippen LogP contribution is -2.26. The molecule has 0 saturated heterocycles. The van der Waals surface area contributed by atoms with Gasteiger partial charge in [0.15, 0.2) is 0 Å². The molecule has 26 heavy (non-hydrogen) atoms. The Balaban J connectivity index is 1.79. The van der Waals surface area contributed by atoms with Crippen molar-refractivity contribution < 1.29 is 4.79 Å². The summed E-state index contributed by atoms with van der Waals surface area (Å²) in [6.45, 7) is 4.96. The van der Waals surface area contributed by atoms with Crippen molar-refractivity contribution in [2.45, 2.75) is 39.8 Å². The number of nitrogens with one attached hydrogen (secondary N) is 1. The van der Waals surface area contributed by atoms with Crippen LogP contribution < -0.4 is 16.7 Å². The molecule has 1 heterocycles. The second-order valence-electron chi connectivity index (χ2n) is 6.45. The van der Waals surface area contributed by atoms with Crippen LogP contribution in [0.4, 0.5) is 11.4 Å². The number of nitrogen functional groups attached to an aromatic ring is 1. The Morgan fingerprint density at radius 1 is 1.08 bits per heavy atom. The van der Waals surface area contributed by atoms with E-state index in [9.17, 15) is 9.59 Å². The molecule has 0 atom stereocenters. The van der Waals surface area contributed by atoms with Crippen molar-refractivity contribution in [1.82, 2.24) is 9.13 Å². The molecule has 0 fully saturated rings. The fourth-order valence-corrected chi connectivity index (χ4v) is 3.13. The van der Waals surface area contributed by atoms with Crippen molar-refractivity contribution in [1.29, 1.82) is 0 Å². The third-order valence-corrected chi connectivity index (χ3v) is 4.47. The molecule has 0 radical (unpaired) electrons. The third-order valence-electron chi connectivity index (χ3n) is 4.47. The van der Waals surface area contributed by atoms with Gasteiger partial charge in [-0.1, -0.05) is 25.1 Å². The maximum Gasteiger partial charge on any atom is 0.329 e. The first-order valence-corrected chi connectivity index (χ1v) is 8.85. The van der Waals surface area contributed by atoms with Crippen molar-refractivity contribution in [3.63, 3.8) is 0 Å². The topological polar surface area (TPSA) is 82.0 Å². The molecule has 0 aliphatic carbocycles. The number of aryl methyl sites for hydroxylation is 3. The van der Waals surface area contributed by atoms with E-state index in [1.165, 1.54) is 0 Å². The number of anilines is 2. The quantitative estimate of drug-likeness (QED) is 0.669. The Labute approximate surface area is 152 Å². The predicted molar refractivity (Wildman–Crippen MR) is 105 cm³/mol. The first kappa shape index (κ1) is 17.8. The molecule has 0 unspecified atom stereocenters. The van der Waals surface area contributed by atoms with Gasteiger partial charge in [-0.15, -0.1) is 0 Å². The normalized spacial score (nSPS) is 11.0. The number of amides is 1. The zero-order valence-corrected chi connectivity index (χ0v) is 15.2. The van der Waals surface area contributed by atoms with Crippen LogP contribution in [0.5, 0.6) is 0 Å². The molecular formula is C20H24N4O2. The number of imidazole rings is 1. The summed E-state index contributed by atoms with van der Waals surface area (Å²) in [5, 5.41) is 2.88. The molecule has 3 rings (SSSR count). The molecule has 0 spiro atoms. The minimum absolute atomic E-state index is 0.0685. The highest BCUT2D eigenvalue weighted by Gasteiger charge is 2.13. The summed E-state index contributed by atoms with van der Waals surface area (Å²) >= 11 is 0. The Morgan fingerprint density at radius 2 is 1.73 bits per heavy atom. The van der Waals surface area contributed by atoms with Gasteiger partial charge in [-0.3, -0.25) is 13.9 Å². The minimum atomic E-state index is -0.141. The minimum Gasteiger partial charge on any atom is -0.399 e. The maximum atomic E-state index is 12.7. The monoisotopic (exact) mass is 352 g/mol. The largest absolute Gasteiger partial charge is 0.399 e. The number of nitrogens with zero attached hydrogens (tertiary/aromatic N) is 2. The van der Waals surface area contributed by atoms with Crippen molar-refractivity contribution in [3.05, 3.63) is 58.5 Å². The number of fused-ring (bicyclic) bond motifs is 1. The van der Waals surface area contributed by atoms with Crippen LogP contribution in [0, 0.1) is 6.92 Å². The summed E-state index contributed by atoms with van der Waals surface area (Å²) in [4.78, 5) is 25.1. The van der Waals surface area contributed by atoms with E-state index in [-0.39, 0.29) is 18.0 Å². The van der Waals surface area contributed by atoms with Crippen molar-refractivity contribution in [3.8, 4) is 0 Å². The van der Waals surface area contributed by atoms with Gasteiger partial charge in [-0.25, -0.2) is 4.79 Å². The van der Waals surface area contributed by atoms with Gasteiger partial charge in [-0.05, 0) is 43.2 Å². The average molecular weight is 352 g/mol. The lowest BCUT2D eigenvalue weighted by molar-refractivity contribution is -0.116. The number of hydrogen-bond acceptors (Lipinski definition) is 3. The maximum absolute atomic E-state index is 12.7. The number of carbonyl (C=O) groups is 1. The zero-order valence-electron chi connectivity index (χ0n) is 15.2. The molecule has 136 valence electrons. The van der Waals surface area contributed by atoms with Crippen molar-refractivity contribution in [2.24, 2.45) is 0 Å². The Morgan fingerprint density at radius 3 is 2.38 bits per heavy atom. The number of rotatable bonds is 6. The van der Waals surface area contributed by atoms with E-state index in [1.807, 2.05) is 44.2 Å². The fourth-order valence-electron chi connectivity index (χ4n) is 3.13. The van der Waals surface area contributed by atoms with Gasteiger partial charge < -0.3 is 11.1 Å². The Kier molecular flexibility index (Phi) is 5.11. The lowest BCUT2D eigenvalue weighted by Gasteiger charge is -2.09. The number of aromatic nitrogens is 2. The van der Waals surface area contributed by atoms with Gasteiger partial charge in [0.25, 0.3) is 0 Å². The summed E-state index contributed by atoms with van der Waals surface area (Å²) in [6, 6.07) is 13.1. The first-order chi connectivity index (χ1) is 12.5. The molecule has 0 bridgehead atoms. The SMILES string of the molecule is CCCn1c(=O)n(CCC(=O)Nc2cc(N)ccc2C)c2ccccc21. The highest BCUT2D eigenvalue weighted by atomic mass is 16.2. The smallest absolute Gasteiger partial charge is 0.329 e. The summed E-state index contributed by atoms with van der Waals surface area (Å²) < 4.78 is 3.45. The second kappa shape index (κ2) is 7.47. The molecule has 0 saturated carbocycles. The molecular weight excluding hydrogens is 328 g/mol. The van der Waals surface area contributed by atoms with Crippen LogP contribution in [0.3, 0.4) is 0 Å². The molecule has 6 nitrogen and oxygen atoms in total. The number of carbonyl (C=O) groups excluding carboxylic acids is 1. The number of nitrogens with two attached hydrogens (primary N) is 1. The van der Waals surface area contributed by atoms with E-state index in [0.29, 0.717) is 24.5 Å². The van der Waals surface area contributed by atoms with Gasteiger partial charge >= 0.3 is 5.69 Å². The Hall–Kier alpha value is -3.02. The molecule has 2 aromatic carbocycles. The van der Waals surface area contributed by atoms with Crippen LogP contribution in [-0.2, 0) is 17.9 Å². The summed E-state index contributed by atoms with van der Waals surface area (Å²) in [5.41, 5.74) is 9.74. The zero-order chi connectivity index (χ0) is 18.7. The summed E-state index contributed by atoms with van der Waals surface area (Å²) in [5.74, 6) is -0.141. The molecule has 3 N–H and O–H groups in total. The van der Waals surface area contributed by atoms with Crippen LogP contribution in [0.25, 0.3) is 11.0 Å². The number of hydrogen-bond donors (Lipinski definition) is 2. The lowest BCUT2D eigenvalue weighted by atomic mass is 10.2. The van der Waals surface area contributed by atoms with E-state index in [1.54, 1.807) is 21.3 Å². The van der Waals surface area contributed by atoms with Crippen molar-refractivity contribution in [2.75, 3.05) is 11.1 Å². The average Bonchev–Trinajstić information content (AvgIpc) is 2.89. The first-order valence-electron chi connectivity index (χ1n) is 8.85. The fraction of sp³-hybridized carbons (Fsp3) is 0.300. The molecule has 6 heteroatoms. The third kappa shape index (κ3) is 3.49. The number of para-hydroxylation sites is 2. The van der Waals surface area contributed by atoms with Gasteiger partial charge in [0.1, 0.15) is 0 Å². The molecule has 1 amide bonds. The molecule has 3 aromatic rings. The van der Waals surface area contributed by atoms with Crippen molar-refractivity contribution >= 4 is 28.3 Å². The molecule has 0 aliphatic rings. The second-order valence-corrected chi connectivity index (χ2v) is 6.45. The van der Waals surface area contributed by atoms with E-state index in [4.69, 9.17) is 5.73 Å². The van der Waals surface area contributed by atoms with Crippen LogP contribution in [0.15, 0.2) is 47.3 Å². The number of benzene rings is 2. The molecule has 1 aromatic heterocycles. The van der Waals surface area contributed by atoms with Crippen LogP contribution in [0.2, 0.25) is 0 Å². The predicted octanol–water partition coefficient (Wildman–Crippen LogP) is 3.13. The van der Waals surface area contributed by atoms with E-state index >= 15 is 0 Å². The standard InChI is InChI=1S/C20H24N4O2/c1-3-11-23-17-6-4-5-7-18(17)24(20(23)26)12-10-19(25)22-16-13-15(21)9-8-14(16)2/h4-9,13H,3,10-12,21H2,1-2H3,(H,22,25). The Bertz CT molecular complexity index is 1000. The van der Waals surface area contributed by atoms with E-state index in [2.05, 4.69) is 5.32 Å². The van der Waals surface area contributed by atoms with Gasteiger partial charge in [-0.2, -0.15) is 0 Å². The van der Waals surface area contributed by atoms with Crippen LogP contribution in [0.1, 0.15) is 25.3 Å². The summed E-state index contributed by atoms with van der Waals surface area (Å²) in [6.07, 6.45) is 1.09. The van der Waals surface area contributed by atoms with Gasteiger partial charge in [0, 0.05) is 30.9 Å². The van der Waals surface area contributed by atoms with E-state index < -0.39 is 0 Å².